The molecule has 3 fully saturated rings. The maximum absolute atomic E-state index is 13.3. The van der Waals surface area contributed by atoms with Gasteiger partial charge in [0.05, 0.1) is 25.9 Å². The van der Waals surface area contributed by atoms with E-state index in [2.05, 4.69) is 30.3 Å². The van der Waals surface area contributed by atoms with Gasteiger partial charge >= 0.3 is 14.5 Å². The highest BCUT2D eigenvalue weighted by atomic mass is 32.5. The van der Waals surface area contributed by atoms with E-state index < -0.39 is 89.2 Å². The minimum atomic E-state index is -4.98. The molecule has 0 aromatic carbocycles. The maximum Gasteiger partial charge on any atom is 0.472 e. The minimum Gasteiger partial charge on any atom is -0.386 e. The number of imidazole rings is 2. The van der Waals surface area contributed by atoms with Gasteiger partial charge in [0.25, 0.3) is 5.91 Å². The second-order valence-corrected chi connectivity index (χ2v) is 15.9. The summed E-state index contributed by atoms with van der Waals surface area (Å²) in [6, 6.07) is -1.00. The van der Waals surface area contributed by atoms with E-state index in [1.807, 2.05) is 0 Å². The number of nitrogens with zero attached hydrogens (tertiary/aromatic N) is 9. The van der Waals surface area contributed by atoms with Crippen molar-refractivity contribution in [1.82, 2.24) is 39.0 Å². The van der Waals surface area contributed by atoms with Crippen LogP contribution in [0.15, 0.2) is 47.3 Å². The SMILES string of the molecule is O=C1C2N=CN([C@@H]3O[C@@H]4COP(=O)(O)O[C@H]5[C@@H](O)[C@H](n6cnc7nc8nccn8c7c6)O[C@@H]5COP(O)(=S)O[C@H]4[C@H]3O)C2=NC2NC=CN12. The normalized spacial score (nSPS) is 42.0. The highest BCUT2D eigenvalue weighted by molar-refractivity contribution is 8.07. The van der Waals surface area contributed by atoms with Crippen molar-refractivity contribution in [3.8, 4) is 0 Å². The standard InChI is InChI=1S/C24H26N10O12P2S/c35-14-16-12(43-21(14)31-5-10-18(28-8-31)29-23-25-1-3-32(10)23)7-42-48(40,49)46-17-11(6-41-47(38,39)45-16)44-22(15(17)36)34-9-27-13-19(34)30-24-26-2-4-33(24)20(13)37/h1-5,8-9,11-17,21-22,24,26,35-36H,6-7H2,(H,38,39)(H,40,49)/t11-,12-,13?,14-,15-,16-,17-,21-,22-,24?,48?/m1/s1. The maximum atomic E-state index is 13.3. The van der Waals surface area contributed by atoms with Gasteiger partial charge in [-0.25, -0.2) is 19.5 Å². The summed E-state index contributed by atoms with van der Waals surface area (Å²) in [6.45, 7) is -5.48. The molecular formula is C24H26N10O12P2S. The first-order chi connectivity index (χ1) is 23.5. The second-order valence-electron chi connectivity index (χ2n) is 11.7. The number of aliphatic hydroxyl groups excluding tert-OH is 2. The number of ether oxygens (including phenoxy) is 2. The predicted octanol–water partition coefficient (Wildman–Crippen LogP) is -2.13. The van der Waals surface area contributed by atoms with Gasteiger partial charge in [-0.2, -0.15) is 4.98 Å². The van der Waals surface area contributed by atoms with E-state index in [1.165, 1.54) is 33.2 Å². The molecule has 12 atom stereocenters. The molecule has 3 aromatic heterocycles. The second kappa shape index (κ2) is 11.4. The lowest BCUT2D eigenvalue weighted by atomic mass is 10.1. The molecule has 9 heterocycles. The quantitative estimate of drug-likeness (QED) is 0.176. The molecule has 3 saturated heterocycles. The number of aliphatic hydroxyl groups is 2. The average molecular weight is 741 g/mol. The molecule has 0 bridgehead atoms. The molecule has 0 saturated carbocycles. The van der Waals surface area contributed by atoms with E-state index in [1.54, 1.807) is 29.2 Å². The lowest BCUT2D eigenvalue weighted by Gasteiger charge is -2.33. The number of amides is 1. The predicted molar refractivity (Wildman–Crippen MR) is 163 cm³/mol. The van der Waals surface area contributed by atoms with E-state index in [0.29, 0.717) is 16.9 Å². The van der Waals surface area contributed by atoms with Gasteiger partial charge < -0.3 is 43.9 Å². The number of hydrogen-bond donors (Lipinski definition) is 5. The topological polar surface area (TPSA) is 262 Å². The van der Waals surface area contributed by atoms with Gasteiger partial charge in [-0.3, -0.25) is 37.6 Å². The number of fused-ring (bicyclic) bond motifs is 7. The van der Waals surface area contributed by atoms with Crippen LogP contribution >= 0.6 is 14.5 Å². The molecule has 3 aromatic rings. The summed E-state index contributed by atoms with van der Waals surface area (Å²) in [5.41, 5.74) is 0.924. The summed E-state index contributed by atoms with van der Waals surface area (Å²) in [5, 5.41) is 25.6. The van der Waals surface area contributed by atoms with Gasteiger partial charge in [-0.1, -0.05) is 0 Å². The number of hydrogen-bond acceptors (Lipinski definition) is 18. The average Bonchev–Trinajstić information content (AvgIpc) is 3.90. The van der Waals surface area contributed by atoms with Crippen LogP contribution in [-0.4, -0.2) is 140 Å². The fraction of sp³-hybridized carbons (Fsp3) is 0.500. The third-order valence-corrected chi connectivity index (χ3v) is 11.3. The molecule has 4 unspecified atom stereocenters. The molecule has 5 N–H and O–H groups in total. The molecule has 6 aliphatic rings. The summed E-state index contributed by atoms with van der Waals surface area (Å²) in [5.74, 6) is 0.219. The third kappa shape index (κ3) is 5.25. The van der Waals surface area contributed by atoms with Crippen LogP contribution in [0.2, 0.25) is 0 Å². The van der Waals surface area contributed by atoms with Crippen LogP contribution in [-0.2, 0) is 48.7 Å². The van der Waals surface area contributed by atoms with E-state index in [9.17, 15) is 29.4 Å². The van der Waals surface area contributed by atoms with Crippen molar-refractivity contribution in [3.05, 3.63) is 37.3 Å². The fourth-order valence-corrected chi connectivity index (χ4v) is 8.88. The molecule has 0 aliphatic carbocycles. The van der Waals surface area contributed by atoms with Crippen LogP contribution < -0.4 is 5.32 Å². The summed E-state index contributed by atoms with van der Waals surface area (Å²) in [7, 11) is -4.98. The molecular weight excluding hydrogens is 714 g/mol. The van der Waals surface area contributed by atoms with Gasteiger partial charge in [-0.15, -0.1) is 0 Å². The van der Waals surface area contributed by atoms with Gasteiger partial charge in [0.15, 0.2) is 24.1 Å². The zero-order valence-electron chi connectivity index (χ0n) is 24.6. The van der Waals surface area contributed by atoms with Crippen LogP contribution in [0.25, 0.3) is 16.9 Å². The van der Waals surface area contributed by atoms with Gasteiger partial charge in [0.2, 0.25) is 12.1 Å². The highest BCUT2D eigenvalue weighted by Crippen LogP contribution is 2.53. The Morgan fingerprint density at radius 1 is 1.00 bits per heavy atom. The lowest BCUT2D eigenvalue weighted by Crippen LogP contribution is -2.55. The minimum absolute atomic E-state index is 0.172. The number of carbonyl (C=O) groups is 1. The molecule has 25 heteroatoms. The van der Waals surface area contributed by atoms with Crippen molar-refractivity contribution in [3.63, 3.8) is 0 Å². The summed E-state index contributed by atoms with van der Waals surface area (Å²) in [6.07, 6.45) is -1.43. The molecule has 0 radical (unpaired) electrons. The first-order valence-corrected chi connectivity index (χ1v) is 18.8. The Balaban J connectivity index is 0.964. The molecule has 22 nitrogen and oxygen atoms in total. The Bertz CT molecular complexity index is 2040. The number of aliphatic imine (C=N–C) groups is 2. The molecule has 6 aliphatic heterocycles. The Labute approximate surface area is 279 Å². The van der Waals surface area contributed by atoms with E-state index in [4.69, 9.17) is 39.4 Å². The van der Waals surface area contributed by atoms with Crippen molar-refractivity contribution >= 4 is 61.4 Å². The van der Waals surface area contributed by atoms with E-state index >= 15 is 0 Å². The number of aromatic nitrogens is 5. The van der Waals surface area contributed by atoms with Gasteiger partial charge in [0, 0.05) is 31.0 Å². The van der Waals surface area contributed by atoms with Crippen molar-refractivity contribution in [2.45, 2.75) is 61.4 Å². The molecule has 1 amide bonds. The summed E-state index contributed by atoms with van der Waals surface area (Å²) < 4.78 is 50.3. The van der Waals surface area contributed by atoms with Crippen LogP contribution in [0, 0.1) is 0 Å². The van der Waals surface area contributed by atoms with Crippen molar-refractivity contribution in [1.29, 1.82) is 0 Å². The van der Waals surface area contributed by atoms with Crippen LogP contribution in [0.1, 0.15) is 6.23 Å². The first kappa shape index (κ1) is 31.7. The molecule has 9 rings (SSSR count). The van der Waals surface area contributed by atoms with Crippen molar-refractivity contribution in [2.24, 2.45) is 9.98 Å². The lowest BCUT2D eigenvalue weighted by molar-refractivity contribution is -0.130. The molecule has 49 heavy (non-hydrogen) atoms. The van der Waals surface area contributed by atoms with Crippen LogP contribution in [0.5, 0.6) is 0 Å². The van der Waals surface area contributed by atoms with E-state index in [-0.39, 0.29) is 11.7 Å². The van der Waals surface area contributed by atoms with Crippen molar-refractivity contribution in [2.75, 3.05) is 13.2 Å². The highest BCUT2D eigenvalue weighted by Gasteiger charge is 2.55. The summed E-state index contributed by atoms with van der Waals surface area (Å²) >= 11 is 5.26. The molecule has 260 valence electrons. The zero-order valence-corrected chi connectivity index (χ0v) is 27.2. The Hall–Kier alpha value is -3.28. The van der Waals surface area contributed by atoms with E-state index in [0.717, 1.165) is 0 Å². The Morgan fingerprint density at radius 3 is 2.59 bits per heavy atom. The molecule has 0 spiro atoms. The number of rotatable bonds is 2. The number of phosphoric ester groups is 1. The monoisotopic (exact) mass is 740 g/mol. The summed E-state index contributed by atoms with van der Waals surface area (Å²) in [4.78, 5) is 59.0. The Morgan fingerprint density at radius 2 is 1.76 bits per heavy atom. The fourth-order valence-electron chi connectivity index (χ4n) is 6.47. The largest absolute Gasteiger partial charge is 0.472 e. The number of phosphoric acid groups is 1. The third-order valence-electron chi connectivity index (χ3n) is 8.74. The van der Waals surface area contributed by atoms with Crippen molar-refractivity contribution < 1.29 is 56.9 Å². The number of carbonyl (C=O) groups excluding carboxylic acids is 1. The van der Waals surface area contributed by atoms with Gasteiger partial charge in [0.1, 0.15) is 48.0 Å². The van der Waals surface area contributed by atoms with Crippen LogP contribution in [0.3, 0.4) is 0 Å². The van der Waals surface area contributed by atoms with Gasteiger partial charge in [-0.05, 0) is 11.8 Å². The smallest absolute Gasteiger partial charge is 0.386 e. The number of amidine groups is 1. The first-order valence-electron chi connectivity index (χ1n) is 14.8. The number of nitrogens with one attached hydrogen (secondary N) is 1. The van der Waals surface area contributed by atoms with Crippen LogP contribution in [0.4, 0.5) is 0 Å². The Kier molecular flexibility index (Phi) is 7.35. The zero-order chi connectivity index (χ0) is 33.8.